The predicted octanol–water partition coefficient (Wildman–Crippen LogP) is 6.05. The Kier molecular flexibility index (Phi) is 11.0. The fraction of sp³-hybridized carbons (Fsp3) is 0.359. The molecule has 0 saturated carbocycles. The predicted molar refractivity (Wildman–Crippen MR) is 189 cm³/mol. The van der Waals surface area contributed by atoms with Crippen LogP contribution in [0, 0.1) is 5.41 Å². The van der Waals surface area contributed by atoms with E-state index < -0.39 is 38.0 Å². The summed E-state index contributed by atoms with van der Waals surface area (Å²) in [7, 11) is -1.18. The molecule has 1 saturated heterocycles. The molecule has 7 heteroatoms. The van der Waals surface area contributed by atoms with Crippen molar-refractivity contribution in [1.29, 1.82) is 0 Å². The van der Waals surface area contributed by atoms with Gasteiger partial charge in [0.25, 0.3) is 0 Å². The van der Waals surface area contributed by atoms with E-state index in [-0.39, 0.29) is 32.7 Å². The topological polar surface area (TPSA) is 54.0 Å². The van der Waals surface area contributed by atoms with Crippen LogP contribution in [0.2, 0.25) is 10.4 Å². The molecule has 0 spiro atoms. The van der Waals surface area contributed by atoms with E-state index in [0.717, 1.165) is 5.32 Å². The minimum absolute atomic E-state index is 0.128. The number of methoxy groups -OCH3 is 1. The van der Waals surface area contributed by atoms with E-state index in [4.69, 9.17) is 18.6 Å². The average Bonchev–Trinajstić information content (AvgIpc) is 3.06. The van der Waals surface area contributed by atoms with Gasteiger partial charge in [0.1, 0.15) is 0 Å². The number of benzene rings is 4. The Bertz CT molecular complexity index is 1490. The SMILES string of the molecule is CO[C@@H]1[C@@H](OC(=O)c2ccccc2)[C@@H](CO[Si](c2ccccc2)(c2ccccc2)C(C)(C)C)O[C@@H](C[Se]c2ccccc2)C1(C)C. The monoisotopic (exact) mass is 702 g/mol. The van der Waals surface area contributed by atoms with Crippen molar-refractivity contribution >= 4 is 44.1 Å². The number of ether oxygens (including phenoxy) is 3. The summed E-state index contributed by atoms with van der Waals surface area (Å²) in [5, 5.41) is 3.03. The molecule has 0 N–H and O–H groups in total. The van der Waals surface area contributed by atoms with Crippen LogP contribution in [0.1, 0.15) is 45.0 Å². The number of carbonyl (C=O) groups is 1. The van der Waals surface area contributed by atoms with E-state index in [1.807, 2.05) is 36.4 Å². The quantitative estimate of drug-likeness (QED) is 0.141. The molecule has 1 aliphatic rings. The maximum atomic E-state index is 13.6. The summed E-state index contributed by atoms with van der Waals surface area (Å²) in [6.07, 6.45) is -1.74. The Balaban J connectivity index is 1.53. The van der Waals surface area contributed by atoms with Gasteiger partial charge in [-0.15, -0.1) is 0 Å². The molecular formula is C39H46O5SeSi. The molecule has 0 aromatic heterocycles. The van der Waals surface area contributed by atoms with Gasteiger partial charge >= 0.3 is 283 Å². The van der Waals surface area contributed by atoms with Gasteiger partial charge in [0.2, 0.25) is 0 Å². The van der Waals surface area contributed by atoms with E-state index in [1.165, 1.54) is 14.8 Å². The molecule has 0 radical (unpaired) electrons. The molecule has 1 fully saturated rings. The van der Waals surface area contributed by atoms with Crippen molar-refractivity contribution in [1.82, 2.24) is 0 Å². The van der Waals surface area contributed by atoms with Crippen LogP contribution in [-0.4, -0.2) is 67.4 Å². The van der Waals surface area contributed by atoms with Crippen LogP contribution in [0.15, 0.2) is 121 Å². The van der Waals surface area contributed by atoms with Crippen molar-refractivity contribution in [2.45, 2.75) is 69.4 Å². The van der Waals surface area contributed by atoms with Gasteiger partial charge in [0, 0.05) is 0 Å². The fourth-order valence-electron chi connectivity index (χ4n) is 6.65. The molecule has 1 aliphatic heterocycles. The summed E-state index contributed by atoms with van der Waals surface area (Å²) in [4.78, 5) is 13.6. The van der Waals surface area contributed by atoms with Crippen LogP contribution in [0.3, 0.4) is 0 Å². The Morgan fingerprint density at radius 1 is 0.804 bits per heavy atom. The number of hydrogen-bond donors (Lipinski definition) is 0. The minimum atomic E-state index is -2.89. The fourth-order valence-corrected chi connectivity index (χ4v) is 13.7. The Labute approximate surface area is 281 Å². The number of hydrogen-bond acceptors (Lipinski definition) is 5. The molecule has 4 atom stereocenters. The molecule has 1 heterocycles. The first-order valence-electron chi connectivity index (χ1n) is 15.9. The summed E-state index contributed by atoms with van der Waals surface area (Å²) in [6, 6.07) is 40.9. The zero-order valence-corrected chi connectivity index (χ0v) is 30.4. The Hall–Kier alpha value is -3.03. The normalized spacial score (nSPS) is 21.4. The Morgan fingerprint density at radius 3 is 1.80 bits per heavy atom. The van der Waals surface area contributed by atoms with E-state index >= 15 is 0 Å². The van der Waals surface area contributed by atoms with Gasteiger partial charge in [0.15, 0.2) is 0 Å². The van der Waals surface area contributed by atoms with Crippen molar-refractivity contribution in [3.63, 3.8) is 0 Å². The third-order valence-corrected chi connectivity index (χ3v) is 16.4. The molecule has 5 rings (SSSR count). The van der Waals surface area contributed by atoms with Gasteiger partial charge in [-0.25, -0.2) is 0 Å². The van der Waals surface area contributed by atoms with Gasteiger partial charge < -0.3 is 0 Å². The molecule has 0 bridgehead atoms. The molecule has 4 aromatic rings. The third-order valence-electron chi connectivity index (χ3n) is 9.10. The number of esters is 1. The molecule has 4 aromatic carbocycles. The molecular weight excluding hydrogens is 655 g/mol. The van der Waals surface area contributed by atoms with Gasteiger partial charge in [-0.2, -0.15) is 0 Å². The van der Waals surface area contributed by atoms with E-state index in [2.05, 4.69) is 107 Å². The van der Waals surface area contributed by atoms with E-state index in [9.17, 15) is 4.79 Å². The van der Waals surface area contributed by atoms with Crippen LogP contribution in [0.5, 0.6) is 0 Å². The summed E-state index contributed by atoms with van der Waals surface area (Å²) in [5.41, 5.74) is 0.0669. The first kappa shape index (κ1) is 34.3. The molecule has 0 amide bonds. The Morgan fingerprint density at radius 2 is 1.30 bits per heavy atom. The second-order valence-corrected chi connectivity index (χ2v) is 20.1. The van der Waals surface area contributed by atoms with Crippen LogP contribution >= 0.6 is 0 Å². The molecule has 5 nitrogen and oxygen atoms in total. The molecule has 0 unspecified atom stereocenters. The van der Waals surface area contributed by atoms with Crippen molar-refractivity contribution in [3.8, 4) is 0 Å². The van der Waals surface area contributed by atoms with Crippen molar-refractivity contribution in [2.24, 2.45) is 5.41 Å². The standard InChI is InChI=1S/C39H46O5SeSi/c1-38(2,3)46(31-23-15-9-16-24-31,32-25-17-10-18-26-32)42-27-33-35(44-37(40)29-19-11-7-12-20-29)36(41-6)39(4,5)34(43-33)28-45-30-21-13-8-14-22-30/h7-26,33-36H,27-28H2,1-6H3/t33-,34+,35+,36-/m1/s1. The summed E-state index contributed by atoms with van der Waals surface area (Å²) < 4.78 is 28.3. The van der Waals surface area contributed by atoms with Crippen molar-refractivity contribution in [2.75, 3.05) is 13.7 Å². The zero-order chi connectivity index (χ0) is 32.8. The van der Waals surface area contributed by atoms with Crippen LogP contribution in [0.25, 0.3) is 0 Å². The van der Waals surface area contributed by atoms with Crippen molar-refractivity contribution < 1.29 is 23.4 Å². The first-order chi connectivity index (χ1) is 22.1. The zero-order valence-electron chi connectivity index (χ0n) is 27.7. The molecule has 0 aliphatic carbocycles. The average molecular weight is 702 g/mol. The second kappa shape index (κ2) is 14.8. The summed E-state index contributed by atoms with van der Waals surface area (Å²) >= 11 is 0.193. The first-order valence-corrected chi connectivity index (χ1v) is 19.9. The molecule has 242 valence electrons. The second-order valence-electron chi connectivity index (χ2n) is 13.5. The number of carbonyl (C=O) groups excluding carboxylic acids is 1. The van der Waals surface area contributed by atoms with E-state index in [0.29, 0.717) is 5.56 Å². The maximum absolute atomic E-state index is 13.6. The van der Waals surface area contributed by atoms with Gasteiger partial charge in [-0.3, -0.25) is 0 Å². The van der Waals surface area contributed by atoms with Gasteiger partial charge in [-0.05, 0) is 0 Å². The summed E-state index contributed by atoms with van der Waals surface area (Å²) in [6.45, 7) is 11.4. The van der Waals surface area contributed by atoms with Crippen LogP contribution in [-0.2, 0) is 18.6 Å². The van der Waals surface area contributed by atoms with Crippen LogP contribution in [0.4, 0.5) is 0 Å². The van der Waals surface area contributed by atoms with Crippen molar-refractivity contribution in [3.05, 3.63) is 127 Å². The molecule has 46 heavy (non-hydrogen) atoms. The van der Waals surface area contributed by atoms with Crippen LogP contribution < -0.4 is 14.8 Å². The third kappa shape index (κ3) is 7.26. The van der Waals surface area contributed by atoms with E-state index in [1.54, 1.807) is 19.2 Å². The number of rotatable bonds is 11. The van der Waals surface area contributed by atoms with Gasteiger partial charge in [0.05, 0.1) is 0 Å². The summed E-state index contributed by atoms with van der Waals surface area (Å²) in [5.74, 6) is -0.394. The van der Waals surface area contributed by atoms with Gasteiger partial charge in [-0.1, -0.05) is 0 Å².